The summed E-state index contributed by atoms with van der Waals surface area (Å²) in [6, 6.07) is 3.44. The molecule has 4 nitrogen and oxygen atoms in total. The van der Waals surface area contributed by atoms with Crippen molar-refractivity contribution >= 4 is 5.69 Å². The molecular formula is C15H21NO3. The van der Waals surface area contributed by atoms with Gasteiger partial charge in [0.2, 0.25) is 0 Å². The summed E-state index contributed by atoms with van der Waals surface area (Å²) in [6.07, 6.45) is 3.59. The van der Waals surface area contributed by atoms with Gasteiger partial charge in [-0.25, -0.2) is 0 Å². The van der Waals surface area contributed by atoms with Crippen molar-refractivity contribution in [1.29, 1.82) is 0 Å². The number of rotatable bonds is 6. The third-order valence-electron chi connectivity index (χ3n) is 3.29. The lowest BCUT2D eigenvalue weighted by atomic mass is 10.0. The highest BCUT2D eigenvalue weighted by molar-refractivity contribution is 5.46. The Hall–Kier alpha value is -1.84. The maximum Gasteiger partial charge on any atom is 0.276 e. The Morgan fingerprint density at radius 1 is 1.26 bits per heavy atom. The van der Waals surface area contributed by atoms with Crippen LogP contribution in [-0.4, -0.2) is 4.92 Å². The molecule has 1 rings (SSSR count). The van der Waals surface area contributed by atoms with E-state index in [-0.39, 0.29) is 17.2 Å². The molecule has 1 aromatic carbocycles. The normalized spacial score (nSPS) is 10.1. The van der Waals surface area contributed by atoms with Gasteiger partial charge in [-0.3, -0.25) is 10.1 Å². The Morgan fingerprint density at radius 2 is 1.84 bits per heavy atom. The van der Waals surface area contributed by atoms with E-state index in [0.717, 1.165) is 24.0 Å². The molecule has 0 radical (unpaired) electrons. The summed E-state index contributed by atoms with van der Waals surface area (Å²) < 4.78 is 5.48. The number of ether oxygens (including phenoxy) is 1. The van der Waals surface area contributed by atoms with Gasteiger partial charge in [-0.05, 0) is 49.5 Å². The van der Waals surface area contributed by atoms with Crippen LogP contribution >= 0.6 is 0 Å². The topological polar surface area (TPSA) is 52.4 Å². The van der Waals surface area contributed by atoms with E-state index >= 15 is 0 Å². The van der Waals surface area contributed by atoms with Gasteiger partial charge in [0.25, 0.3) is 5.69 Å². The number of hydrogen-bond donors (Lipinski definition) is 0. The molecule has 0 spiro atoms. The van der Waals surface area contributed by atoms with Crippen molar-refractivity contribution in [3.8, 4) is 0 Å². The molecule has 0 amide bonds. The van der Waals surface area contributed by atoms with Crippen LogP contribution in [0.4, 0.5) is 5.69 Å². The first-order chi connectivity index (χ1) is 8.99. The summed E-state index contributed by atoms with van der Waals surface area (Å²) in [7, 11) is 0. The van der Waals surface area contributed by atoms with Crippen LogP contribution in [0.25, 0.3) is 0 Å². The van der Waals surface area contributed by atoms with E-state index in [9.17, 15) is 10.1 Å². The molecule has 0 saturated carbocycles. The van der Waals surface area contributed by atoms with Crippen molar-refractivity contribution in [3.63, 3.8) is 0 Å². The third kappa shape index (κ3) is 4.09. The number of benzene rings is 1. The van der Waals surface area contributed by atoms with Gasteiger partial charge < -0.3 is 4.74 Å². The number of aryl methyl sites for hydroxylation is 2. The van der Waals surface area contributed by atoms with Gasteiger partial charge in [-0.2, -0.15) is 0 Å². The molecule has 104 valence electrons. The van der Waals surface area contributed by atoms with Gasteiger partial charge in [0.1, 0.15) is 6.61 Å². The van der Waals surface area contributed by atoms with Crippen LogP contribution in [0, 0.1) is 24.0 Å². The Bertz CT molecular complexity index is 486. The predicted molar refractivity (Wildman–Crippen MR) is 76.0 cm³/mol. The average molecular weight is 263 g/mol. The van der Waals surface area contributed by atoms with E-state index < -0.39 is 0 Å². The second-order valence-electron chi connectivity index (χ2n) is 4.62. The van der Waals surface area contributed by atoms with Crippen molar-refractivity contribution in [2.45, 2.75) is 47.1 Å². The summed E-state index contributed by atoms with van der Waals surface area (Å²) in [5, 5.41) is 11.0. The summed E-state index contributed by atoms with van der Waals surface area (Å²) in [6.45, 7) is 8.19. The van der Waals surface area contributed by atoms with Gasteiger partial charge in [-0.15, -0.1) is 0 Å². The molecule has 4 heteroatoms. The standard InChI is InChI=1S/C15H21NO3/c1-5-13(6-2)9-19-10-14-7-11(3)12(4)8-15(14)16(17)18/h7-9H,5-6,10H2,1-4H3. The molecule has 1 aromatic rings. The van der Waals surface area contributed by atoms with Gasteiger partial charge in [0.05, 0.1) is 16.7 Å². The minimum Gasteiger partial charge on any atom is -0.496 e. The Labute approximate surface area is 114 Å². The van der Waals surface area contributed by atoms with Crippen LogP contribution in [0.15, 0.2) is 24.0 Å². The van der Waals surface area contributed by atoms with Crippen LogP contribution in [0.3, 0.4) is 0 Å². The number of hydrogen-bond acceptors (Lipinski definition) is 3. The molecule has 0 heterocycles. The van der Waals surface area contributed by atoms with Crippen molar-refractivity contribution in [3.05, 3.63) is 50.8 Å². The molecule has 0 aliphatic rings. The molecule has 0 saturated heterocycles. The number of nitro groups is 1. The monoisotopic (exact) mass is 263 g/mol. The fourth-order valence-corrected chi connectivity index (χ4v) is 1.81. The first kappa shape index (κ1) is 15.2. The highest BCUT2D eigenvalue weighted by Crippen LogP contribution is 2.24. The van der Waals surface area contributed by atoms with E-state index in [4.69, 9.17) is 4.74 Å². The lowest BCUT2D eigenvalue weighted by Gasteiger charge is -2.08. The maximum atomic E-state index is 11.0. The van der Waals surface area contributed by atoms with Crippen LogP contribution in [-0.2, 0) is 11.3 Å². The van der Waals surface area contributed by atoms with Crippen molar-refractivity contribution in [1.82, 2.24) is 0 Å². The van der Waals surface area contributed by atoms with Crippen LogP contribution in [0.1, 0.15) is 43.4 Å². The van der Waals surface area contributed by atoms with Crippen molar-refractivity contribution in [2.24, 2.45) is 0 Å². The third-order valence-corrected chi connectivity index (χ3v) is 3.29. The minimum atomic E-state index is -0.352. The van der Waals surface area contributed by atoms with E-state index in [1.807, 2.05) is 19.9 Å². The molecule has 0 aromatic heterocycles. The minimum absolute atomic E-state index is 0.131. The van der Waals surface area contributed by atoms with E-state index in [1.54, 1.807) is 12.3 Å². The largest absolute Gasteiger partial charge is 0.496 e. The average Bonchev–Trinajstić information content (AvgIpc) is 2.38. The first-order valence-corrected chi connectivity index (χ1v) is 6.53. The van der Waals surface area contributed by atoms with Crippen LogP contribution < -0.4 is 0 Å². The molecule has 0 N–H and O–H groups in total. The molecule has 0 fully saturated rings. The highest BCUT2D eigenvalue weighted by atomic mass is 16.6. The zero-order valence-corrected chi connectivity index (χ0v) is 12.0. The van der Waals surface area contributed by atoms with Crippen molar-refractivity contribution in [2.75, 3.05) is 0 Å². The second-order valence-corrected chi connectivity index (χ2v) is 4.62. The first-order valence-electron chi connectivity index (χ1n) is 6.53. The second kappa shape index (κ2) is 6.92. The van der Waals surface area contributed by atoms with Crippen LogP contribution in [0.5, 0.6) is 0 Å². The fourth-order valence-electron chi connectivity index (χ4n) is 1.81. The van der Waals surface area contributed by atoms with Gasteiger partial charge >= 0.3 is 0 Å². The fraction of sp³-hybridized carbons (Fsp3) is 0.467. The predicted octanol–water partition coefficient (Wildman–Crippen LogP) is 4.43. The van der Waals surface area contributed by atoms with Gasteiger partial charge in [-0.1, -0.05) is 13.8 Å². The molecule has 0 atom stereocenters. The summed E-state index contributed by atoms with van der Waals surface area (Å²) in [5.74, 6) is 0. The molecule has 0 unspecified atom stereocenters. The quantitative estimate of drug-likeness (QED) is 0.433. The van der Waals surface area contributed by atoms with Crippen molar-refractivity contribution < 1.29 is 9.66 Å². The summed E-state index contributed by atoms with van der Waals surface area (Å²) in [5.41, 5.74) is 3.92. The Balaban J connectivity index is 2.91. The smallest absolute Gasteiger partial charge is 0.276 e. The van der Waals surface area contributed by atoms with Crippen LogP contribution in [0.2, 0.25) is 0 Å². The lowest BCUT2D eigenvalue weighted by molar-refractivity contribution is -0.385. The van der Waals surface area contributed by atoms with E-state index in [1.165, 1.54) is 5.57 Å². The molecule has 0 aliphatic carbocycles. The summed E-state index contributed by atoms with van der Waals surface area (Å²) >= 11 is 0. The Morgan fingerprint density at radius 3 is 2.37 bits per heavy atom. The number of nitro benzene ring substituents is 1. The van der Waals surface area contributed by atoms with Gasteiger partial charge in [0.15, 0.2) is 0 Å². The maximum absolute atomic E-state index is 11.0. The number of nitrogens with zero attached hydrogens (tertiary/aromatic N) is 1. The highest BCUT2D eigenvalue weighted by Gasteiger charge is 2.15. The molecule has 0 aliphatic heterocycles. The SMILES string of the molecule is CCC(=COCc1cc(C)c(C)cc1[N+](=O)[O-])CC. The molecule has 0 bridgehead atoms. The number of allylic oxidation sites excluding steroid dienone is 1. The van der Waals surface area contributed by atoms with E-state index in [2.05, 4.69) is 13.8 Å². The Kier molecular flexibility index (Phi) is 5.55. The zero-order valence-electron chi connectivity index (χ0n) is 12.0. The lowest BCUT2D eigenvalue weighted by Crippen LogP contribution is -1.99. The summed E-state index contributed by atoms with van der Waals surface area (Å²) in [4.78, 5) is 10.7. The van der Waals surface area contributed by atoms with E-state index in [0.29, 0.717) is 5.56 Å². The zero-order chi connectivity index (χ0) is 14.4. The molecule has 19 heavy (non-hydrogen) atoms. The molecular weight excluding hydrogens is 242 g/mol. The van der Waals surface area contributed by atoms with Gasteiger partial charge in [0, 0.05) is 6.07 Å².